The number of carboxylic acids is 1. The van der Waals surface area contributed by atoms with Crippen LogP contribution in [0.15, 0.2) is 126 Å². The summed E-state index contributed by atoms with van der Waals surface area (Å²) in [4.78, 5) is 41.8. The second-order valence-corrected chi connectivity index (χ2v) is 15.0. The third-order valence-electron chi connectivity index (χ3n) is 10.3. The fourth-order valence-electron chi connectivity index (χ4n) is 7.15. The summed E-state index contributed by atoms with van der Waals surface area (Å²) >= 11 is 12.2. The Hall–Kier alpha value is -6.74. The van der Waals surface area contributed by atoms with Crippen LogP contribution in [0.25, 0.3) is 11.1 Å². The van der Waals surface area contributed by atoms with Gasteiger partial charge >= 0.3 is 5.97 Å². The molecule has 2 aliphatic heterocycles. The van der Waals surface area contributed by atoms with Gasteiger partial charge in [-0.3, -0.25) is 9.59 Å². The molecule has 0 saturated heterocycles. The molecule has 59 heavy (non-hydrogen) atoms. The van der Waals surface area contributed by atoms with Gasteiger partial charge in [-0.05, 0) is 99.6 Å². The molecule has 6 aromatic rings. The van der Waals surface area contributed by atoms with Gasteiger partial charge in [-0.1, -0.05) is 77.8 Å². The van der Waals surface area contributed by atoms with Gasteiger partial charge in [-0.2, -0.15) is 5.26 Å². The lowest BCUT2D eigenvalue weighted by Gasteiger charge is -2.37. The summed E-state index contributed by atoms with van der Waals surface area (Å²) in [6, 6.07) is 33.9. The van der Waals surface area contributed by atoms with Crippen LogP contribution in [0.1, 0.15) is 50.0 Å². The number of hydrogen-bond donors (Lipinski definition) is 2. The Balaban J connectivity index is 0.964. The van der Waals surface area contributed by atoms with Crippen molar-refractivity contribution in [3.63, 3.8) is 0 Å². The standard InChI is InChI=1S/C46H35Cl2N3O8/c47-36-16-7-29(18-37(36)48)25-57-35-14-12-32(13-15-35)43-26-58-41-21-33-20-39(51(24-34(33)22-42(41)59-43)45(53)40-2-1-17-56-40)44(52)50-38(46(54)55)19-27-3-8-30(9-4-27)31-10-5-28(23-49)6-11-31/h1-18,21-22,38-39,43H,19-20,24-26H2,(H,50,52)(H,54,55)/t38-,39-,43?/m0/s1. The van der Waals surface area contributed by atoms with Crippen LogP contribution >= 0.6 is 23.2 Å². The largest absolute Gasteiger partial charge is 0.489 e. The van der Waals surface area contributed by atoms with Gasteiger partial charge < -0.3 is 34.0 Å². The highest BCUT2D eigenvalue weighted by Gasteiger charge is 2.39. The number of carbonyl (C=O) groups is 3. The summed E-state index contributed by atoms with van der Waals surface area (Å²) in [7, 11) is 0. The summed E-state index contributed by atoms with van der Waals surface area (Å²) in [6.07, 6.45) is 1.07. The van der Waals surface area contributed by atoms with Crippen molar-refractivity contribution in [2.75, 3.05) is 6.61 Å². The Labute approximate surface area is 349 Å². The third kappa shape index (κ3) is 8.75. The molecule has 0 saturated carbocycles. The number of nitriles is 1. The van der Waals surface area contributed by atoms with Crippen LogP contribution in [0.3, 0.4) is 0 Å². The molecule has 2 amide bonds. The van der Waals surface area contributed by atoms with Crippen LogP contribution < -0.4 is 19.5 Å². The number of carbonyl (C=O) groups excluding carboxylic acids is 2. The number of rotatable bonds is 11. The van der Waals surface area contributed by atoms with Gasteiger partial charge in [-0.15, -0.1) is 0 Å². The van der Waals surface area contributed by atoms with E-state index < -0.39 is 36.0 Å². The first kappa shape index (κ1) is 39.1. The van der Waals surface area contributed by atoms with E-state index in [0.29, 0.717) is 45.0 Å². The minimum atomic E-state index is -1.27. The lowest BCUT2D eigenvalue weighted by molar-refractivity contribution is -0.142. The average Bonchev–Trinajstić information content (AvgIpc) is 3.81. The fourth-order valence-corrected chi connectivity index (χ4v) is 7.47. The van der Waals surface area contributed by atoms with E-state index in [-0.39, 0.29) is 31.8 Å². The first-order valence-corrected chi connectivity index (χ1v) is 19.5. The van der Waals surface area contributed by atoms with E-state index in [0.717, 1.165) is 33.4 Å². The second-order valence-electron chi connectivity index (χ2n) is 14.2. The predicted octanol–water partition coefficient (Wildman–Crippen LogP) is 8.60. The van der Waals surface area contributed by atoms with Crippen molar-refractivity contribution in [3.05, 3.63) is 171 Å². The molecule has 3 heterocycles. The van der Waals surface area contributed by atoms with E-state index in [4.69, 9.17) is 47.1 Å². The van der Waals surface area contributed by atoms with Gasteiger partial charge in [0, 0.05) is 19.4 Å². The zero-order valence-electron chi connectivity index (χ0n) is 31.3. The summed E-state index contributed by atoms with van der Waals surface area (Å²) in [5, 5.41) is 22.9. The molecule has 0 radical (unpaired) electrons. The van der Waals surface area contributed by atoms with Gasteiger partial charge in [0.15, 0.2) is 23.4 Å². The van der Waals surface area contributed by atoms with Crippen LogP contribution in [-0.2, 0) is 35.6 Å². The SMILES string of the molecule is N#Cc1ccc(-c2ccc(C[C@H](NC(=O)[C@@H]3Cc4cc5c(cc4CN3C(=O)c3ccco3)OC(c3ccc(OCc4ccc(Cl)c(Cl)c4)cc3)CO5)C(=O)O)cc2)cc1. The number of benzene rings is 5. The monoisotopic (exact) mass is 827 g/mol. The Kier molecular flexibility index (Phi) is 11.3. The van der Waals surface area contributed by atoms with E-state index in [9.17, 15) is 19.5 Å². The molecule has 1 aromatic heterocycles. The molecule has 8 rings (SSSR count). The van der Waals surface area contributed by atoms with Crippen molar-refractivity contribution in [1.29, 1.82) is 5.26 Å². The molecule has 296 valence electrons. The average molecular weight is 829 g/mol. The number of aliphatic carboxylic acids is 1. The Morgan fingerprint density at radius 2 is 1.58 bits per heavy atom. The lowest BCUT2D eigenvalue weighted by Crippen LogP contribution is -2.55. The number of furan rings is 1. The zero-order chi connectivity index (χ0) is 41.0. The normalized spacial score (nSPS) is 16.0. The highest BCUT2D eigenvalue weighted by Crippen LogP contribution is 2.41. The maximum atomic E-state index is 14.0. The van der Waals surface area contributed by atoms with E-state index in [1.807, 2.05) is 66.7 Å². The summed E-state index contributed by atoms with van der Waals surface area (Å²) < 4.78 is 24.0. The van der Waals surface area contributed by atoms with Gasteiger partial charge in [0.2, 0.25) is 5.91 Å². The Bertz CT molecular complexity index is 2550. The first-order chi connectivity index (χ1) is 28.6. The van der Waals surface area contributed by atoms with Crippen molar-refractivity contribution in [1.82, 2.24) is 10.2 Å². The fraction of sp³-hybridized carbons (Fsp3) is 0.174. The molecule has 0 bridgehead atoms. The number of hydrogen-bond acceptors (Lipinski definition) is 8. The lowest BCUT2D eigenvalue weighted by atomic mass is 9.91. The number of nitrogens with zero attached hydrogens (tertiary/aromatic N) is 2. The summed E-state index contributed by atoms with van der Waals surface area (Å²) in [5.74, 6) is -0.643. The van der Waals surface area contributed by atoms with Crippen molar-refractivity contribution in [3.8, 4) is 34.4 Å². The van der Waals surface area contributed by atoms with E-state index in [1.54, 1.807) is 42.5 Å². The summed E-state index contributed by atoms with van der Waals surface area (Å²) in [6.45, 7) is 0.585. The van der Waals surface area contributed by atoms with Crippen LogP contribution in [-0.4, -0.2) is 46.5 Å². The van der Waals surface area contributed by atoms with Crippen LogP contribution in [0.2, 0.25) is 10.0 Å². The first-order valence-electron chi connectivity index (χ1n) is 18.7. The van der Waals surface area contributed by atoms with E-state index in [1.165, 1.54) is 17.2 Å². The molecule has 5 aromatic carbocycles. The van der Waals surface area contributed by atoms with Gasteiger partial charge in [-0.25, -0.2) is 4.79 Å². The van der Waals surface area contributed by atoms with E-state index >= 15 is 0 Å². The number of amides is 2. The highest BCUT2D eigenvalue weighted by molar-refractivity contribution is 6.42. The van der Waals surface area contributed by atoms with Gasteiger partial charge in [0.05, 0.1) is 27.9 Å². The topological polar surface area (TPSA) is 151 Å². The molecular weight excluding hydrogens is 793 g/mol. The number of nitrogens with one attached hydrogen (secondary N) is 1. The Morgan fingerprint density at radius 1 is 0.864 bits per heavy atom. The molecule has 2 N–H and O–H groups in total. The van der Waals surface area contributed by atoms with Gasteiger partial charge in [0.25, 0.3) is 5.91 Å². The minimum Gasteiger partial charge on any atom is -0.489 e. The highest BCUT2D eigenvalue weighted by atomic mass is 35.5. The number of ether oxygens (including phenoxy) is 3. The van der Waals surface area contributed by atoms with Crippen LogP contribution in [0.5, 0.6) is 17.2 Å². The van der Waals surface area contributed by atoms with Crippen molar-refractivity contribution < 1.29 is 38.1 Å². The number of fused-ring (bicyclic) bond motifs is 2. The number of carboxylic acid groups (broad SMARTS) is 1. The molecule has 0 aliphatic carbocycles. The Morgan fingerprint density at radius 3 is 2.25 bits per heavy atom. The molecule has 0 fully saturated rings. The second kappa shape index (κ2) is 17.0. The molecule has 11 nitrogen and oxygen atoms in total. The molecule has 3 atom stereocenters. The molecule has 2 aliphatic rings. The molecular formula is C46H35Cl2N3O8. The van der Waals surface area contributed by atoms with Crippen LogP contribution in [0, 0.1) is 11.3 Å². The van der Waals surface area contributed by atoms with Crippen molar-refractivity contribution in [2.45, 2.75) is 44.2 Å². The maximum Gasteiger partial charge on any atom is 0.326 e. The van der Waals surface area contributed by atoms with E-state index in [2.05, 4.69) is 11.4 Å². The maximum absolute atomic E-state index is 14.0. The van der Waals surface area contributed by atoms with Crippen molar-refractivity contribution >= 4 is 41.0 Å². The smallest absolute Gasteiger partial charge is 0.326 e. The van der Waals surface area contributed by atoms with Crippen LogP contribution in [0.4, 0.5) is 0 Å². The minimum absolute atomic E-state index is 0.0124. The third-order valence-corrected chi connectivity index (χ3v) is 11.1. The number of halogens is 2. The predicted molar refractivity (Wildman–Crippen MR) is 218 cm³/mol. The quantitative estimate of drug-likeness (QED) is 0.131. The molecule has 1 unspecified atom stereocenters. The molecule has 13 heteroatoms. The molecule has 0 spiro atoms. The van der Waals surface area contributed by atoms with Crippen molar-refractivity contribution in [2.24, 2.45) is 0 Å². The zero-order valence-corrected chi connectivity index (χ0v) is 32.8. The van der Waals surface area contributed by atoms with Gasteiger partial charge in [0.1, 0.15) is 31.0 Å². The summed E-state index contributed by atoms with van der Waals surface area (Å²) in [5.41, 5.74) is 6.32.